The van der Waals surface area contributed by atoms with Crippen LogP contribution in [0, 0.1) is 12.3 Å². The summed E-state index contributed by atoms with van der Waals surface area (Å²) in [5.74, 6) is 2.63. The Bertz CT molecular complexity index is 191. The smallest absolute Gasteiger partial charge is 0.0121 e. The second kappa shape index (κ2) is 12.0. The third-order valence-electron chi connectivity index (χ3n) is 2.02. The number of allylic oxidation sites excluding steroid dienone is 4. The summed E-state index contributed by atoms with van der Waals surface area (Å²) in [7, 11) is 0. The molecule has 0 N–H and O–H groups in total. The predicted octanol–water partition coefficient (Wildman–Crippen LogP) is 4.48. The van der Waals surface area contributed by atoms with E-state index < -0.39 is 0 Å². The Hall–Kier alpha value is -0.960. The van der Waals surface area contributed by atoms with Crippen molar-refractivity contribution in [1.29, 1.82) is 0 Å². The Balaban J connectivity index is 3.09. The summed E-state index contributed by atoms with van der Waals surface area (Å²) in [5.41, 5.74) is 0. The van der Waals surface area contributed by atoms with Gasteiger partial charge in [0.1, 0.15) is 0 Å². The average Bonchev–Trinajstić information content (AvgIpc) is 2.21. The van der Waals surface area contributed by atoms with Crippen molar-refractivity contribution in [3.05, 3.63) is 24.3 Å². The molecule has 0 aliphatic heterocycles. The topological polar surface area (TPSA) is 0 Å². The lowest BCUT2D eigenvalue weighted by Crippen LogP contribution is -1.73. The third kappa shape index (κ3) is 11.0. The second-order valence-corrected chi connectivity index (χ2v) is 3.38. The highest BCUT2D eigenvalue weighted by Crippen LogP contribution is 2.02. The van der Waals surface area contributed by atoms with Crippen LogP contribution in [0.2, 0.25) is 0 Å². The Morgan fingerprint density at radius 1 is 0.929 bits per heavy atom. The van der Waals surface area contributed by atoms with Crippen molar-refractivity contribution < 1.29 is 0 Å². The summed E-state index contributed by atoms with van der Waals surface area (Å²) in [6.07, 6.45) is 22.2. The lowest BCUT2D eigenvalue weighted by molar-refractivity contribution is 0.759. The van der Waals surface area contributed by atoms with Gasteiger partial charge in [-0.15, -0.1) is 12.3 Å². The largest absolute Gasteiger partial charge is 0.120 e. The zero-order valence-corrected chi connectivity index (χ0v) is 9.34. The van der Waals surface area contributed by atoms with Crippen molar-refractivity contribution in [2.45, 2.75) is 51.9 Å². The van der Waals surface area contributed by atoms with E-state index in [1.54, 1.807) is 0 Å². The van der Waals surface area contributed by atoms with E-state index in [0.717, 1.165) is 19.3 Å². The first kappa shape index (κ1) is 13.0. The van der Waals surface area contributed by atoms with Crippen LogP contribution >= 0.6 is 0 Å². The van der Waals surface area contributed by atoms with E-state index >= 15 is 0 Å². The van der Waals surface area contributed by atoms with E-state index in [1.165, 1.54) is 25.7 Å². The summed E-state index contributed by atoms with van der Waals surface area (Å²) in [6.45, 7) is 2.17. The molecule has 0 bridgehead atoms. The minimum absolute atomic E-state index is 0.871. The van der Waals surface area contributed by atoms with Crippen LogP contribution in [0.1, 0.15) is 51.9 Å². The molecule has 78 valence electrons. The molecule has 0 rings (SSSR count). The van der Waals surface area contributed by atoms with E-state index in [2.05, 4.69) is 37.1 Å². The zero-order valence-electron chi connectivity index (χ0n) is 9.34. The number of rotatable bonds is 8. The van der Waals surface area contributed by atoms with E-state index in [4.69, 9.17) is 6.42 Å². The van der Waals surface area contributed by atoms with Crippen molar-refractivity contribution in [3.8, 4) is 12.3 Å². The van der Waals surface area contributed by atoms with Crippen LogP contribution in [-0.4, -0.2) is 0 Å². The molecule has 0 fully saturated rings. The van der Waals surface area contributed by atoms with Crippen LogP contribution in [0.25, 0.3) is 0 Å². The highest BCUT2D eigenvalue weighted by molar-refractivity contribution is 4.90. The molecular formula is C14H22. The first-order valence-electron chi connectivity index (χ1n) is 5.65. The zero-order chi connectivity index (χ0) is 10.5. The van der Waals surface area contributed by atoms with Gasteiger partial charge in [-0.05, 0) is 38.5 Å². The Labute approximate surface area is 89.1 Å². The van der Waals surface area contributed by atoms with Gasteiger partial charge in [-0.25, -0.2) is 0 Å². The van der Waals surface area contributed by atoms with Crippen LogP contribution in [0.15, 0.2) is 24.3 Å². The Kier molecular flexibility index (Phi) is 11.2. The minimum Gasteiger partial charge on any atom is -0.120 e. The molecule has 0 saturated carbocycles. The highest BCUT2D eigenvalue weighted by Gasteiger charge is 1.83. The van der Waals surface area contributed by atoms with E-state index in [9.17, 15) is 0 Å². The molecule has 0 aromatic carbocycles. The summed E-state index contributed by atoms with van der Waals surface area (Å²) >= 11 is 0. The number of terminal acetylenes is 1. The van der Waals surface area contributed by atoms with Gasteiger partial charge in [-0.2, -0.15) is 0 Å². The number of unbranched alkanes of at least 4 members (excludes halogenated alkanes) is 4. The molecule has 0 spiro atoms. The fourth-order valence-corrected chi connectivity index (χ4v) is 1.21. The molecule has 0 aromatic rings. The molecule has 0 aromatic heterocycles. The Morgan fingerprint density at radius 3 is 2.07 bits per heavy atom. The molecule has 0 nitrogen and oxygen atoms in total. The van der Waals surface area contributed by atoms with Gasteiger partial charge in [0.15, 0.2) is 0 Å². The van der Waals surface area contributed by atoms with Gasteiger partial charge in [-0.1, -0.05) is 31.2 Å². The average molecular weight is 190 g/mol. The molecule has 14 heavy (non-hydrogen) atoms. The molecule has 0 amide bonds. The Morgan fingerprint density at radius 2 is 1.50 bits per heavy atom. The quantitative estimate of drug-likeness (QED) is 0.301. The van der Waals surface area contributed by atoms with E-state index in [0.29, 0.717) is 0 Å². The molecule has 0 heterocycles. The maximum Gasteiger partial charge on any atom is 0.0121 e. The van der Waals surface area contributed by atoms with Crippen LogP contribution in [0.3, 0.4) is 0 Å². The first-order chi connectivity index (χ1) is 6.91. The maximum absolute atomic E-state index is 5.15. The van der Waals surface area contributed by atoms with Gasteiger partial charge in [-0.3, -0.25) is 0 Å². The molecule has 0 aliphatic carbocycles. The highest BCUT2D eigenvalue weighted by atomic mass is 13.9. The second-order valence-electron chi connectivity index (χ2n) is 3.38. The number of hydrogen-bond acceptors (Lipinski definition) is 0. The van der Waals surface area contributed by atoms with Crippen molar-refractivity contribution in [3.63, 3.8) is 0 Å². The van der Waals surface area contributed by atoms with Crippen LogP contribution in [0.5, 0.6) is 0 Å². The number of hydrogen-bond donors (Lipinski definition) is 0. The van der Waals surface area contributed by atoms with Crippen molar-refractivity contribution in [2.75, 3.05) is 0 Å². The molecule has 0 atom stereocenters. The minimum atomic E-state index is 0.871. The molecule has 0 heteroatoms. The van der Waals surface area contributed by atoms with E-state index in [-0.39, 0.29) is 0 Å². The van der Waals surface area contributed by atoms with Crippen LogP contribution < -0.4 is 0 Å². The van der Waals surface area contributed by atoms with E-state index in [1.807, 2.05) is 0 Å². The predicted molar refractivity (Wildman–Crippen MR) is 65.1 cm³/mol. The first-order valence-corrected chi connectivity index (χ1v) is 5.65. The van der Waals surface area contributed by atoms with Crippen LogP contribution in [0.4, 0.5) is 0 Å². The third-order valence-corrected chi connectivity index (χ3v) is 2.02. The van der Waals surface area contributed by atoms with Crippen LogP contribution in [-0.2, 0) is 0 Å². The molecular weight excluding hydrogens is 168 g/mol. The standard InChI is InChI=1S/C14H22/c1-3-5-7-9-11-13-14-12-10-8-6-4-2/h1,6,8-9,11H,4-5,7,10,12-14H2,2H3. The molecule has 0 radical (unpaired) electrons. The summed E-state index contributed by atoms with van der Waals surface area (Å²) < 4.78 is 0. The summed E-state index contributed by atoms with van der Waals surface area (Å²) in [4.78, 5) is 0. The lowest BCUT2D eigenvalue weighted by atomic mass is 10.1. The fraction of sp³-hybridized carbons (Fsp3) is 0.571. The van der Waals surface area contributed by atoms with Gasteiger partial charge >= 0.3 is 0 Å². The monoisotopic (exact) mass is 190 g/mol. The van der Waals surface area contributed by atoms with Gasteiger partial charge < -0.3 is 0 Å². The SMILES string of the molecule is C#CCCC=CCCCCC=CCC. The molecule has 0 unspecified atom stereocenters. The normalized spacial score (nSPS) is 11.1. The lowest BCUT2D eigenvalue weighted by Gasteiger charge is -1.92. The maximum atomic E-state index is 5.15. The summed E-state index contributed by atoms with van der Waals surface area (Å²) in [6, 6.07) is 0. The van der Waals surface area contributed by atoms with Gasteiger partial charge in [0, 0.05) is 6.42 Å². The van der Waals surface area contributed by atoms with Gasteiger partial charge in [0.25, 0.3) is 0 Å². The van der Waals surface area contributed by atoms with Gasteiger partial charge in [0.2, 0.25) is 0 Å². The fourth-order valence-electron chi connectivity index (χ4n) is 1.21. The molecule has 0 aliphatic rings. The van der Waals surface area contributed by atoms with Crippen molar-refractivity contribution in [1.82, 2.24) is 0 Å². The molecule has 0 saturated heterocycles. The summed E-state index contributed by atoms with van der Waals surface area (Å²) in [5, 5.41) is 0. The van der Waals surface area contributed by atoms with Gasteiger partial charge in [0.05, 0.1) is 0 Å². The van der Waals surface area contributed by atoms with Crippen molar-refractivity contribution in [2.24, 2.45) is 0 Å². The van der Waals surface area contributed by atoms with Crippen molar-refractivity contribution >= 4 is 0 Å².